The number of nitrogens with zero attached hydrogens (tertiary/aromatic N) is 1. The van der Waals surface area contributed by atoms with E-state index in [-0.39, 0.29) is 4.75 Å². The lowest BCUT2D eigenvalue weighted by molar-refractivity contribution is 0.321. The summed E-state index contributed by atoms with van der Waals surface area (Å²) in [7, 11) is 1.78. The van der Waals surface area contributed by atoms with Crippen LogP contribution >= 0.6 is 11.8 Å². The van der Waals surface area contributed by atoms with Gasteiger partial charge in [0.1, 0.15) is 12.4 Å². The topological polar surface area (TPSA) is 45.7 Å². The lowest BCUT2D eigenvalue weighted by atomic mass is 10.2. The normalized spacial score (nSPS) is 12.1. The van der Waals surface area contributed by atoms with Crippen LogP contribution in [0.2, 0.25) is 0 Å². The zero-order valence-electron chi connectivity index (χ0n) is 13.7. The maximum Gasteiger partial charge on any atom is 0.191 e. The van der Waals surface area contributed by atoms with Crippen LogP contribution in [0.15, 0.2) is 29.3 Å². The third-order valence-corrected chi connectivity index (χ3v) is 4.36. The maximum absolute atomic E-state index is 5.70. The Morgan fingerprint density at radius 2 is 2.10 bits per heavy atom. The summed E-state index contributed by atoms with van der Waals surface area (Å²) in [5.74, 6) is 1.72. The molecule has 0 atom stereocenters. The van der Waals surface area contributed by atoms with Gasteiger partial charge in [-0.3, -0.25) is 4.99 Å². The number of thioether (sulfide) groups is 1. The molecule has 0 saturated heterocycles. The molecule has 0 aromatic heterocycles. The summed E-state index contributed by atoms with van der Waals surface area (Å²) in [6, 6.07) is 8.07. The number of benzene rings is 1. The van der Waals surface area contributed by atoms with Crippen LogP contribution in [-0.4, -0.2) is 43.7 Å². The highest BCUT2D eigenvalue weighted by atomic mass is 32.2. The van der Waals surface area contributed by atoms with E-state index < -0.39 is 0 Å². The first kappa shape index (κ1) is 17.7. The molecule has 5 heteroatoms. The molecule has 1 rings (SSSR count). The highest BCUT2D eigenvalue weighted by Crippen LogP contribution is 2.19. The number of aliphatic imine (C=N–C) groups is 1. The van der Waals surface area contributed by atoms with Crippen molar-refractivity contribution < 1.29 is 4.74 Å². The summed E-state index contributed by atoms with van der Waals surface area (Å²) in [6.07, 6.45) is 2.12. The van der Waals surface area contributed by atoms with Gasteiger partial charge >= 0.3 is 0 Å². The molecule has 21 heavy (non-hydrogen) atoms. The molecule has 118 valence electrons. The zero-order chi connectivity index (χ0) is 15.7. The summed E-state index contributed by atoms with van der Waals surface area (Å²) in [5.41, 5.74) is 1.21. The van der Waals surface area contributed by atoms with Gasteiger partial charge in [-0.05, 0) is 44.7 Å². The van der Waals surface area contributed by atoms with Gasteiger partial charge in [0.25, 0.3) is 0 Å². The van der Waals surface area contributed by atoms with Gasteiger partial charge in [-0.25, -0.2) is 0 Å². The standard InChI is InChI=1S/C16H27N3OS/c1-13-7-6-8-14(11-13)20-10-9-18-15(17-4)19-12-16(2,3)21-5/h6-8,11H,9-10,12H2,1-5H3,(H2,17,18,19). The van der Waals surface area contributed by atoms with Crippen LogP contribution in [0.25, 0.3) is 0 Å². The Hall–Kier alpha value is -1.36. The third-order valence-electron chi connectivity index (χ3n) is 3.11. The van der Waals surface area contributed by atoms with Crippen molar-refractivity contribution in [1.29, 1.82) is 0 Å². The van der Waals surface area contributed by atoms with Gasteiger partial charge in [0.15, 0.2) is 5.96 Å². The maximum atomic E-state index is 5.70. The quantitative estimate of drug-likeness (QED) is 0.462. The van der Waals surface area contributed by atoms with Crippen molar-refractivity contribution in [3.8, 4) is 5.75 Å². The van der Waals surface area contributed by atoms with Crippen molar-refractivity contribution >= 4 is 17.7 Å². The van der Waals surface area contributed by atoms with E-state index in [1.807, 2.05) is 30.0 Å². The van der Waals surface area contributed by atoms with Crippen molar-refractivity contribution in [2.24, 2.45) is 4.99 Å². The highest BCUT2D eigenvalue weighted by molar-refractivity contribution is 7.99. The van der Waals surface area contributed by atoms with Crippen LogP contribution in [0, 0.1) is 6.92 Å². The average Bonchev–Trinajstić information content (AvgIpc) is 2.46. The molecule has 0 bridgehead atoms. The smallest absolute Gasteiger partial charge is 0.191 e. The molecule has 4 nitrogen and oxygen atoms in total. The van der Waals surface area contributed by atoms with Crippen LogP contribution in [0.4, 0.5) is 0 Å². The Balaban J connectivity index is 2.27. The Morgan fingerprint density at radius 3 is 2.71 bits per heavy atom. The molecular weight excluding hydrogens is 282 g/mol. The average molecular weight is 309 g/mol. The number of ether oxygens (including phenoxy) is 1. The molecule has 0 saturated carbocycles. The fourth-order valence-corrected chi connectivity index (χ4v) is 1.85. The second-order valence-electron chi connectivity index (χ2n) is 5.48. The minimum Gasteiger partial charge on any atom is -0.492 e. The number of hydrogen-bond donors (Lipinski definition) is 2. The predicted molar refractivity (Wildman–Crippen MR) is 93.6 cm³/mol. The van der Waals surface area contributed by atoms with Gasteiger partial charge in [-0.2, -0.15) is 11.8 Å². The minimum absolute atomic E-state index is 0.190. The van der Waals surface area contributed by atoms with E-state index in [1.54, 1.807) is 7.05 Å². The zero-order valence-corrected chi connectivity index (χ0v) is 14.5. The first-order chi connectivity index (χ1) is 9.96. The molecule has 0 heterocycles. The molecular formula is C16H27N3OS. The van der Waals surface area contributed by atoms with Crippen LogP contribution in [0.1, 0.15) is 19.4 Å². The van der Waals surface area contributed by atoms with Crippen molar-refractivity contribution in [1.82, 2.24) is 10.6 Å². The molecule has 0 unspecified atom stereocenters. The van der Waals surface area contributed by atoms with Gasteiger partial charge in [0, 0.05) is 18.3 Å². The first-order valence-corrected chi connectivity index (χ1v) is 8.38. The monoisotopic (exact) mass is 309 g/mol. The molecule has 0 aliphatic carbocycles. The van der Waals surface area contributed by atoms with E-state index in [1.165, 1.54) is 5.56 Å². The van der Waals surface area contributed by atoms with Crippen LogP contribution in [0.5, 0.6) is 5.75 Å². The second-order valence-corrected chi connectivity index (χ2v) is 6.99. The predicted octanol–water partition coefficient (Wildman–Crippen LogP) is 2.68. The highest BCUT2D eigenvalue weighted by Gasteiger charge is 2.15. The van der Waals surface area contributed by atoms with Crippen molar-refractivity contribution in [3.05, 3.63) is 29.8 Å². The summed E-state index contributed by atoms with van der Waals surface area (Å²) in [4.78, 5) is 4.21. The molecule has 0 spiro atoms. The van der Waals surface area contributed by atoms with Crippen LogP contribution < -0.4 is 15.4 Å². The van der Waals surface area contributed by atoms with Crippen molar-refractivity contribution in [3.63, 3.8) is 0 Å². The van der Waals surface area contributed by atoms with E-state index in [2.05, 4.69) is 48.7 Å². The minimum atomic E-state index is 0.190. The molecule has 1 aromatic rings. The molecule has 2 N–H and O–H groups in total. The largest absolute Gasteiger partial charge is 0.492 e. The summed E-state index contributed by atoms with van der Waals surface area (Å²) < 4.78 is 5.89. The Morgan fingerprint density at radius 1 is 1.33 bits per heavy atom. The number of nitrogens with one attached hydrogen (secondary N) is 2. The Bertz CT molecular complexity index is 461. The van der Waals surface area contributed by atoms with E-state index >= 15 is 0 Å². The first-order valence-electron chi connectivity index (χ1n) is 7.16. The number of hydrogen-bond acceptors (Lipinski definition) is 3. The Labute approximate surface area is 132 Å². The summed E-state index contributed by atoms with van der Waals surface area (Å²) in [5, 5.41) is 6.59. The van der Waals surface area contributed by atoms with E-state index in [4.69, 9.17) is 4.74 Å². The van der Waals surface area contributed by atoms with Crippen LogP contribution in [-0.2, 0) is 0 Å². The van der Waals surface area contributed by atoms with Gasteiger partial charge < -0.3 is 15.4 Å². The lowest BCUT2D eigenvalue weighted by Crippen LogP contribution is -2.44. The van der Waals surface area contributed by atoms with Gasteiger partial charge in [-0.1, -0.05) is 12.1 Å². The molecule has 0 radical (unpaired) electrons. The van der Waals surface area contributed by atoms with Crippen molar-refractivity contribution in [2.75, 3.05) is 33.0 Å². The molecule has 0 fully saturated rings. The van der Waals surface area contributed by atoms with Gasteiger partial charge in [0.2, 0.25) is 0 Å². The lowest BCUT2D eigenvalue weighted by Gasteiger charge is -2.23. The van der Waals surface area contributed by atoms with Crippen molar-refractivity contribution in [2.45, 2.75) is 25.5 Å². The molecule has 0 aliphatic rings. The fourth-order valence-electron chi connectivity index (χ4n) is 1.63. The van der Waals surface area contributed by atoms with Crippen LogP contribution in [0.3, 0.4) is 0 Å². The second kappa shape index (κ2) is 8.82. The summed E-state index contributed by atoms with van der Waals surface area (Å²) >= 11 is 1.84. The van der Waals surface area contributed by atoms with Gasteiger partial charge in [-0.15, -0.1) is 0 Å². The van der Waals surface area contributed by atoms with Gasteiger partial charge in [0.05, 0.1) is 6.54 Å². The molecule has 0 aliphatic heterocycles. The third kappa shape index (κ3) is 7.27. The summed E-state index contributed by atoms with van der Waals surface area (Å²) in [6.45, 7) is 8.66. The number of guanidine groups is 1. The molecule has 1 aromatic carbocycles. The fraction of sp³-hybridized carbons (Fsp3) is 0.562. The van der Waals surface area contributed by atoms with E-state index in [0.29, 0.717) is 13.2 Å². The van der Waals surface area contributed by atoms with E-state index in [9.17, 15) is 0 Å². The number of aryl methyl sites for hydroxylation is 1. The number of rotatable bonds is 7. The Kier molecular flexibility index (Phi) is 7.43. The SMILES string of the molecule is CN=C(NCCOc1cccc(C)c1)NCC(C)(C)SC. The van der Waals surface area contributed by atoms with E-state index in [0.717, 1.165) is 18.3 Å². The molecule has 0 amide bonds.